The molecule has 0 unspecified atom stereocenters. The zero-order chi connectivity index (χ0) is 23.6. The summed E-state index contributed by atoms with van der Waals surface area (Å²) >= 11 is 6.12. The summed E-state index contributed by atoms with van der Waals surface area (Å²) in [6.45, 7) is 8.04. The Bertz CT molecular complexity index is 1050. The van der Waals surface area contributed by atoms with E-state index in [1.54, 1.807) is 6.07 Å². The van der Waals surface area contributed by atoms with Gasteiger partial charge in [0, 0.05) is 22.7 Å². The first-order valence-electron chi connectivity index (χ1n) is 10.5. The van der Waals surface area contributed by atoms with Gasteiger partial charge < -0.3 is 10.6 Å². The molecule has 32 heavy (non-hydrogen) atoms. The number of amides is 2. The SMILES string of the molecule is Cc1ccc(CNC(=O)c2cc(F)cc(CN3C(=N)N[C@](C)(C(C)C)CC3=O)c2)cc1Cl. The Hall–Kier alpha value is -2.93. The van der Waals surface area contributed by atoms with Crippen LogP contribution < -0.4 is 10.6 Å². The summed E-state index contributed by atoms with van der Waals surface area (Å²) in [7, 11) is 0. The van der Waals surface area contributed by atoms with Crippen molar-refractivity contribution in [3.05, 3.63) is 69.5 Å². The van der Waals surface area contributed by atoms with Crippen LogP contribution >= 0.6 is 11.6 Å². The third kappa shape index (κ3) is 5.27. The highest BCUT2D eigenvalue weighted by Gasteiger charge is 2.40. The van der Waals surface area contributed by atoms with Crippen molar-refractivity contribution in [2.75, 3.05) is 0 Å². The van der Waals surface area contributed by atoms with Gasteiger partial charge in [-0.2, -0.15) is 0 Å². The Morgan fingerprint density at radius 3 is 2.62 bits per heavy atom. The molecule has 1 saturated heterocycles. The summed E-state index contributed by atoms with van der Waals surface area (Å²) in [5.41, 5.74) is 1.85. The second-order valence-electron chi connectivity index (χ2n) is 8.82. The maximum Gasteiger partial charge on any atom is 0.251 e. The number of carbonyl (C=O) groups is 2. The van der Waals surface area contributed by atoms with Gasteiger partial charge in [-0.1, -0.05) is 37.6 Å². The van der Waals surface area contributed by atoms with Crippen molar-refractivity contribution >= 4 is 29.4 Å². The average Bonchev–Trinajstić information content (AvgIpc) is 2.71. The van der Waals surface area contributed by atoms with E-state index >= 15 is 0 Å². The first kappa shape index (κ1) is 23.7. The predicted molar refractivity (Wildman–Crippen MR) is 123 cm³/mol. The van der Waals surface area contributed by atoms with Crippen LogP contribution in [-0.4, -0.2) is 28.2 Å². The van der Waals surface area contributed by atoms with Crippen LogP contribution in [0.2, 0.25) is 5.02 Å². The highest BCUT2D eigenvalue weighted by Crippen LogP contribution is 2.26. The summed E-state index contributed by atoms with van der Waals surface area (Å²) < 4.78 is 14.3. The molecular weight excluding hydrogens is 431 g/mol. The molecule has 1 heterocycles. The number of carbonyl (C=O) groups excluding carboxylic acids is 2. The number of nitrogens with zero attached hydrogens (tertiary/aromatic N) is 1. The molecule has 3 rings (SSSR count). The number of hydrogen-bond acceptors (Lipinski definition) is 3. The van der Waals surface area contributed by atoms with Gasteiger partial charge in [-0.15, -0.1) is 0 Å². The molecule has 1 aliphatic heterocycles. The molecule has 3 N–H and O–H groups in total. The number of rotatable bonds is 6. The lowest BCUT2D eigenvalue weighted by Gasteiger charge is -2.43. The van der Waals surface area contributed by atoms with Gasteiger partial charge in [-0.3, -0.25) is 19.9 Å². The average molecular weight is 459 g/mol. The predicted octanol–water partition coefficient (Wildman–Crippen LogP) is 4.39. The number of benzene rings is 2. The first-order chi connectivity index (χ1) is 15.0. The molecule has 0 spiro atoms. The van der Waals surface area contributed by atoms with Crippen molar-refractivity contribution in [3.63, 3.8) is 0 Å². The van der Waals surface area contributed by atoms with E-state index < -0.39 is 17.3 Å². The molecule has 0 aromatic heterocycles. The molecule has 6 nitrogen and oxygen atoms in total. The fourth-order valence-corrected chi connectivity index (χ4v) is 3.72. The van der Waals surface area contributed by atoms with E-state index in [-0.39, 0.29) is 42.9 Å². The lowest BCUT2D eigenvalue weighted by atomic mass is 9.83. The Morgan fingerprint density at radius 1 is 1.28 bits per heavy atom. The van der Waals surface area contributed by atoms with Crippen molar-refractivity contribution in [3.8, 4) is 0 Å². The van der Waals surface area contributed by atoms with Crippen LogP contribution in [0.1, 0.15) is 54.2 Å². The Balaban J connectivity index is 1.71. The Labute approximate surface area is 192 Å². The lowest BCUT2D eigenvalue weighted by molar-refractivity contribution is -0.131. The third-order valence-electron chi connectivity index (χ3n) is 6.02. The highest BCUT2D eigenvalue weighted by molar-refractivity contribution is 6.31. The zero-order valence-electron chi connectivity index (χ0n) is 18.7. The van der Waals surface area contributed by atoms with E-state index in [0.717, 1.165) is 17.2 Å². The minimum atomic E-state index is -0.581. The summed E-state index contributed by atoms with van der Waals surface area (Å²) in [5, 5.41) is 14.7. The maximum atomic E-state index is 14.3. The van der Waals surface area contributed by atoms with E-state index in [0.29, 0.717) is 10.6 Å². The summed E-state index contributed by atoms with van der Waals surface area (Å²) in [6, 6.07) is 9.47. The second kappa shape index (κ2) is 9.28. The summed E-state index contributed by atoms with van der Waals surface area (Å²) in [4.78, 5) is 26.6. The van der Waals surface area contributed by atoms with Gasteiger partial charge in [0.25, 0.3) is 5.91 Å². The molecular formula is C24H28ClFN4O2. The minimum Gasteiger partial charge on any atom is -0.350 e. The summed E-state index contributed by atoms with van der Waals surface area (Å²) in [6.07, 6.45) is 0.231. The van der Waals surface area contributed by atoms with Gasteiger partial charge in [0.05, 0.1) is 13.0 Å². The van der Waals surface area contributed by atoms with Crippen molar-refractivity contribution in [2.24, 2.45) is 5.92 Å². The fourth-order valence-electron chi connectivity index (χ4n) is 3.52. The smallest absolute Gasteiger partial charge is 0.251 e. The molecule has 8 heteroatoms. The Morgan fingerprint density at radius 2 is 2.00 bits per heavy atom. The molecule has 0 saturated carbocycles. The fraction of sp³-hybridized carbons (Fsp3) is 0.375. The highest BCUT2D eigenvalue weighted by atomic mass is 35.5. The number of hydrogen-bond donors (Lipinski definition) is 3. The van der Waals surface area contributed by atoms with Crippen molar-refractivity contribution < 1.29 is 14.0 Å². The largest absolute Gasteiger partial charge is 0.350 e. The van der Waals surface area contributed by atoms with Crippen LogP contribution in [0.3, 0.4) is 0 Å². The van der Waals surface area contributed by atoms with E-state index in [1.165, 1.54) is 17.0 Å². The zero-order valence-corrected chi connectivity index (χ0v) is 19.4. The number of aryl methyl sites for hydroxylation is 1. The van der Waals surface area contributed by atoms with E-state index in [1.807, 2.05) is 39.8 Å². The molecule has 0 radical (unpaired) electrons. The minimum absolute atomic E-state index is 0.00442. The maximum absolute atomic E-state index is 14.3. The van der Waals surface area contributed by atoms with Crippen LogP contribution in [0, 0.1) is 24.1 Å². The third-order valence-corrected chi connectivity index (χ3v) is 6.42. The molecule has 2 aromatic rings. The summed E-state index contributed by atoms with van der Waals surface area (Å²) in [5.74, 6) is -1.10. The molecule has 2 amide bonds. The van der Waals surface area contributed by atoms with Crippen LogP contribution in [0.5, 0.6) is 0 Å². The number of halogens is 2. The number of guanidine groups is 1. The second-order valence-corrected chi connectivity index (χ2v) is 9.22. The van der Waals surface area contributed by atoms with Crippen LogP contribution in [-0.2, 0) is 17.9 Å². The van der Waals surface area contributed by atoms with Crippen LogP contribution in [0.15, 0.2) is 36.4 Å². The van der Waals surface area contributed by atoms with Gasteiger partial charge >= 0.3 is 0 Å². The van der Waals surface area contributed by atoms with Crippen molar-refractivity contribution in [1.82, 2.24) is 15.5 Å². The molecule has 0 aliphatic carbocycles. The van der Waals surface area contributed by atoms with Crippen LogP contribution in [0.4, 0.5) is 4.39 Å². The van der Waals surface area contributed by atoms with Gasteiger partial charge in [0.15, 0.2) is 5.96 Å². The monoisotopic (exact) mass is 458 g/mol. The van der Waals surface area contributed by atoms with Crippen molar-refractivity contribution in [1.29, 1.82) is 5.41 Å². The molecule has 2 aromatic carbocycles. The normalized spacial score (nSPS) is 18.7. The molecule has 1 fully saturated rings. The molecule has 170 valence electrons. The van der Waals surface area contributed by atoms with Gasteiger partial charge in [-0.25, -0.2) is 4.39 Å². The van der Waals surface area contributed by atoms with Gasteiger partial charge in [0.2, 0.25) is 5.91 Å². The van der Waals surface area contributed by atoms with Gasteiger partial charge in [0.1, 0.15) is 5.82 Å². The van der Waals surface area contributed by atoms with Crippen LogP contribution in [0.25, 0.3) is 0 Å². The molecule has 0 bridgehead atoms. The van der Waals surface area contributed by atoms with Gasteiger partial charge in [-0.05, 0) is 60.7 Å². The number of nitrogens with one attached hydrogen (secondary N) is 3. The Kier molecular flexibility index (Phi) is 6.88. The van der Waals surface area contributed by atoms with E-state index in [2.05, 4.69) is 10.6 Å². The van der Waals surface area contributed by atoms with E-state index in [9.17, 15) is 14.0 Å². The van der Waals surface area contributed by atoms with E-state index in [4.69, 9.17) is 17.0 Å². The molecule has 1 aliphatic rings. The van der Waals surface area contributed by atoms with Crippen molar-refractivity contribution in [2.45, 2.75) is 52.7 Å². The lowest BCUT2D eigenvalue weighted by Crippen LogP contribution is -2.62. The first-order valence-corrected chi connectivity index (χ1v) is 10.9. The quantitative estimate of drug-likeness (QED) is 0.600. The standard InChI is InChI=1S/C24H28ClFN4O2/c1-14(2)24(4)11-21(31)30(23(27)29-24)13-17-7-18(10-19(26)8-17)22(32)28-12-16-6-5-15(3)20(25)9-16/h5-10,14H,11-13H2,1-4H3,(H2,27,29)(H,28,32)/t24-/m0/s1. The topological polar surface area (TPSA) is 85.3 Å². The molecule has 1 atom stereocenters.